The third-order valence-corrected chi connectivity index (χ3v) is 5.50. The van der Waals surface area contributed by atoms with Gasteiger partial charge in [0, 0.05) is 4.57 Å². The molecule has 0 spiro atoms. The molecule has 1 saturated heterocycles. The molecular formula is C10H14N5O10P2+. The molecule has 0 radical (unpaired) electrons. The molecule has 0 saturated carbocycles. The Balaban J connectivity index is 1.80. The predicted molar refractivity (Wildman–Crippen MR) is 85.2 cm³/mol. The number of aliphatic hydroxyl groups excluding tert-OH is 2. The molecule has 7 N–H and O–H groups in total. The molecule has 6 atom stereocenters. The van der Waals surface area contributed by atoms with Crippen LogP contribution in [0.4, 0.5) is 5.95 Å². The van der Waals surface area contributed by atoms with Crippen molar-refractivity contribution in [1.82, 2.24) is 19.5 Å². The van der Waals surface area contributed by atoms with Gasteiger partial charge in [-0.25, -0.2) is 9.55 Å². The highest BCUT2D eigenvalue weighted by molar-refractivity contribution is 7.55. The second kappa shape index (κ2) is 7.31. The van der Waals surface area contributed by atoms with Gasteiger partial charge in [-0.05, 0) is 4.31 Å². The summed E-state index contributed by atoms with van der Waals surface area (Å²) in [5, 5.41) is 20.3. The number of H-pyrrole nitrogens is 1. The maximum atomic E-state index is 11.8. The van der Waals surface area contributed by atoms with Gasteiger partial charge in [0.1, 0.15) is 18.3 Å². The van der Waals surface area contributed by atoms with Gasteiger partial charge in [-0.3, -0.25) is 23.8 Å². The maximum absolute atomic E-state index is 11.8. The van der Waals surface area contributed by atoms with Crippen LogP contribution in [-0.2, 0) is 22.7 Å². The van der Waals surface area contributed by atoms with Gasteiger partial charge < -0.3 is 20.7 Å². The average Bonchev–Trinajstić information content (AvgIpc) is 3.07. The summed E-state index contributed by atoms with van der Waals surface area (Å²) in [4.78, 5) is 39.5. The summed E-state index contributed by atoms with van der Waals surface area (Å²) in [5.74, 6) is -0.210. The number of aromatic amines is 1. The van der Waals surface area contributed by atoms with Crippen LogP contribution >= 0.6 is 16.1 Å². The largest absolute Gasteiger partial charge is 0.705 e. The van der Waals surface area contributed by atoms with Gasteiger partial charge in [0.15, 0.2) is 17.4 Å². The molecule has 1 aliphatic rings. The van der Waals surface area contributed by atoms with Crippen LogP contribution in [0.3, 0.4) is 0 Å². The highest BCUT2D eigenvalue weighted by Crippen LogP contribution is 2.51. The van der Waals surface area contributed by atoms with Crippen LogP contribution in [0, 0.1) is 0 Å². The van der Waals surface area contributed by atoms with Gasteiger partial charge in [0.05, 0.1) is 12.9 Å². The van der Waals surface area contributed by atoms with Gasteiger partial charge in [-0.15, -0.1) is 4.89 Å². The van der Waals surface area contributed by atoms with Crippen molar-refractivity contribution in [3.63, 3.8) is 0 Å². The molecule has 1 aliphatic heterocycles. The quantitative estimate of drug-likeness (QED) is 0.277. The summed E-state index contributed by atoms with van der Waals surface area (Å²) < 4.78 is 36.7. The lowest BCUT2D eigenvalue weighted by atomic mass is 10.1. The number of hydrogen-bond donors (Lipinski definition) is 6. The second-order valence-electron chi connectivity index (χ2n) is 5.41. The van der Waals surface area contributed by atoms with Crippen molar-refractivity contribution < 1.29 is 42.7 Å². The minimum Gasteiger partial charge on any atom is -0.387 e. The summed E-state index contributed by atoms with van der Waals surface area (Å²) in [6.07, 6.45) is -4.59. The molecule has 0 aromatic carbocycles. The number of rotatable bonds is 6. The standard InChI is InChI=1S/C10H13N5O10P2/c11-10-13-7-4(8(18)14-10)12-2-15(7)9-6(17)5(16)3(24-9)1-23-27(21,22)25-26(19)20/h2-3,5-6,9,16-17H,1H2,(H4-,11,13,14,18,19,20,21,22)/p+1/t3-,5?,6?,9-/m1/s1. The molecular weight excluding hydrogens is 412 g/mol. The molecule has 148 valence electrons. The van der Waals surface area contributed by atoms with Crippen LogP contribution < -0.4 is 11.3 Å². The number of nitrogen functional groups attached to an aromatic ring is 1. The number of phosphoric acid groups is 1. The van der Waals surface area contributed by atoms with E-state index in [9.17, 15) is 29.0 Å². The van der Waals surface area contributed by atoms with E-state index in [0.717, 1.165) is 10.9 Å². The monoisotopic (exact) mass is 426 g/mol. The summed E-state index contributed by atoms with van der Waals surface area (Å²) in [5.41, 5.74) is 4.74. The van der Waals surface area contributed by atoms with Crippen molar-refractivity contribution in [3.05, 3.63) is 16.7 Å². The Kier molecular flexibility index (Phi) is 5.40. The number of phosphoric ester groups is 1. The van der Waals surface area contributed by atoms with Gasteiger partial charge in [0.25, 0.3) is 5.56 Å². The Morgan fingerprint density at radius 2 is 2.15 bits per heavy atom. The predicted octanol–water partition coefficient (Wildman–Crippen LogP) is -1.90. The lowest BCUT2D eigenvalue weighted by Gasteiger charge is -2.16. The smallest absolute Gasteiger partial charge is 0.387 e. The lowest BCUT2D eigenvalue weighted by molar-refractivity contribution is -0.0501. The van der Waals surface area contributed by atoms with Crippen molar-refractivity contribution in [3.8, 4) is 0 Å². The number of fused-ring (bicyclic) bond motifs is 1. The van der Waals surface area contributed by atoms with Crippen LogP contribution in [0.15, 0.2) is 11.1 Å². The average molecular weight is 426 g/mol. The number of nitrogens with one attached hydrogen (secondary N) is 1. The van der Waals surface area contributed by atoms with Gasteiger partial charge in [-0.1, -0.05) is 0 Å². The Morgan fingerprint density at radius 3 is 2.81 bits per heavy atom. The first-order valence-electron chi connectivity index (χ1n) is 7.16. The third kappa shape index (κ3) is 4.06. The van der Waals surface area contributed by atoms with E-state index >= 15 is 0 Å². The molecule has 3 heterocycles. The molecule has 4 unspecified atom stereocenters. The summed E-state index contributed by atoms with van der Waals surface area (Å²) in [7, 11) is -8.28. The van der Waals surface area contributed by atoms with Crippen LogP contribution in [-0.4, -0.2) is 64.4 Å². The minimum atomic E-state index is -4.88. The first kappa shape index (κ1) is 19.9. The molecule has 1 fully saturated rings. The molecule has 2 aromatic rings. The summed E-state index contributed by atoms with van der Waals surface area (Å²) in [6.45, 7) is -0.755. The Labute approximate surface area is 149 Å². The molecule has 27 heavy (non-hydrogen) atoms. The van der Waals surface area contributed by atoms with Crippen molar-refractivity contribution in [2.45, 2.75) is 24.5 Å². The fourth-order valence-corrected chi connectivity index (χ4v) is 3.74. The van der Waals surface area contributed by atoms with E-state index in [-0.39, 0.29) is 17.1 Å². The van der Waals surface area contributed by atoms with Crippen molar-refractivity contribution in [1.29, 1.82) is 0 Å². The Bertz CT molecular complexity index is 977. The number of ether oxygens (including phenoxy) is 1. The Hall–Kier alpha value is -1.80. The first-order chi connectivity index (χ1) is 12.6. The number of anilines is 1. The van der Waals surface area contributed by atoms with Crippen molar-refractivity contribution >= 4 is 33.2 Å². The zero-order valence-electron chi connectivity index (χ0n) is 13.1. The highest BCUT2D eigenvalue weighted by atomic mass is 31.2. The molecule has 0 amide bonds. The number of nitrogens with two attached hydrogens (primary N) is 1. The van der Waals surface area contributed by atoms with E-state index in [1.165, 1.54) is 0 Å². The molecule has 3 rings (SSSR count). The van der Waals surface area contributed by atoms with Crippen LogP contribution in [0.25, 0.3) is 11.2 Å². The number of aromatic nitrogens is 4. The van der Waals surface area contributed by atoms with E-state index in [4.69, 9.17) is 15.4 Å². The third-order valence-electron chi connectivity index (χ3n) is 3.64. The van der Waals surface area contributed by atoms with Gasteiger partial charge >= 0.3 is 16.1 Å². The fraction of sp³-hybridized carbons (Fsp3) is 0.500. The highest BCUT2D eigenvalue weighted by Gasteiger charge is 2.46. The Morgan fingerprint density at radius 1 is 1.44 bits per heavy atom. The van der Waals surface area contributed by atoms with Crippen LogP contribution in [0.5, 0.6) is 0 Å². The van der Waals surface area contributed by atoms with E-state index in [1.54, 1.807) is 0 Å². The number of nitrogens with zero attached hydrogens (tertiary/aromatic N) is 3. The van der Waals surface area contributed by atoms with Crippen molar-refractivity contribution in [2.75, 3.05) is 12.3 Å². The summed E-state index contributed by atoms with van der Waals surface area (Å²) >= 11 is 0. The molecule has 0 aliphatic carbocycles. The lowest BCUT2D eigenvalue weighted by Crippen LogP contribution is -2.33. The van der Waals surface area contributed by atoms with Gasteiger partial charge in [-0.2, -0.15) is 4.98 Å². The van der Waals surface area contributed by atoms with Crippen molar-refractivity contribution in [2.24, 2.45) is 0 Å². The molecule has 15 nitrogen and oxygen atoms in total. The normalized spacial score (nSPS) is 28.4. The number of hydrogen-bond acceptors (Lipinski definition) is 11. The fourth-order valence-electron chi connectivity index (χ4n) is 2.51. The van der Waals surface area contributed by atoms with E-state index in [0.29, 0.717) is 0 Å². The molecule has 0 bridgehead atoms. The number of imidazole rings is 1. The minimum absolute atomic E-state index is 0.0255. The van der Waals surface area contributed by atoms with E-state index in [1.807, 2.05) is 0 Å². The first-order valence-corrected chi connectivity index (χ1v) is 9.79. The zero-order chi connectivity index (χ0) is 19.9. The SMILES string of the molecule is Nc1nc2c(ncn2[C@@H]2O[C@H](COP(=O)(O)O[P+](=O)O)C(O)C2O)c(=O)[nH]1. The van der Waals surface area contributed by atoms with E-state index in [2.05, 4.69) is 23.8 Å². The summed E-state index contributed by atoms with van der Waals surface area (Å²) in [6, 6.07) is 0. The number of aliphatic hydroxyl groups is 2. The van der Waals surface area contributed by atoms with Crippen LogP contribution in [0.2, 0.25) is 0 Å². The molecule has 2 aromatic heterocycles. The van der Waals surface area contributed by atoms with Crippen LogP contribution in [0.1, 0.15) is 6.23 Å². The second-order valence-corrected chi connectivity index (χ2v) is 7.73. The zero-order valence-corrected chi connectivity index (χ0v) is 14.9. The molecule has 17 heteroatoms. The van der Waals surface area contributed by atoms with E-state index < -0.39 is 52.8 Å². The topological polar surface area (TPSA) is 232 Å². The van der Waals surface area contributed by atoms with Gasteiger partial charge in [0.2, 0.25) is 5.95 Å². The maximum Gasteiger partial charge on any atom is 0.705 e.